The van der Waals surface area contributed by atoms with E-state index in [0.29, 0.717) is 0 Å². The summed E-state index contributed by atoms with van der Waals surface area (Å²) in [6, 6.07) is 0.807. The second kappa shape index (κ2) is 7.26. The van der Waals surface area contributed by atoms with Crippen molar-refractivity contribution in [1.29, 1.82) is 0 Å². The van der Waals surface area contributed by atoms with Crippen LogP contribution in [-0.4, -0.2) is 39.5 Å². The number of halogens is 1. The van der Waals surface area contributed by atoms with Gasteiger partial charge in [0.1, 0.15) is 12.2 Å². The molecule has 0 saturated carbocycles. The van der Waals surface area contributed by atoms with E-state index in [-0.39, 0.29) is 28.1 Å². The van der Waals surface area contributed by atoms with E-state index in [1.165, 1.54) is 12.3 Å². The highest BCUT2D eigenvalue weighted by Gasteiger charge is 2.24. The van der Waals surface area contributed by atoms with Crippen LogP contribution in [0.4, 0.5) is 10.5 Å². The Morgan fingerprint density at radius 2 is 2.18 bits per heavy atom. The predicted octanol–water partition coefficient (Wildman–Crippen LogP) is 2.83. The van der Waals surface area contributed by atoms with Crippen molar-refractivity contribution in [3.8, 4) is 5.88 Å². The molecule has 1 atom stereocenters. The van der Waals surface area contributed by atoms with Gasteiger partial charge in [-0.15, -0.1) is 0 Å². The second-order valence-electron chi connectivity index (χ2n) is 5.61. The Morgan fingerprint density at radius 1 is 1.55 bits per heavy atom. The van der Waals surface area contributed by atoms with Crippen molar-refractivity contribution in [2.24, 2.45) is 0 Å². The summed E-state index contributed by atoms with van der Waals surface area (Å²) in [4.78, 5) is 26.0. The number of hydrogen-bond donors (Lipinski definition) is 2. The van der Waals surface area contributed by atoms with Gasteiger partial charge in [-0.2, -0.15) is 0 Å². The van der Waals surface area contributed by atoms with Gasteiger partial charge in [-0.05, 0) is 27.7 Å². The molecule has 0 unspecified atom stereocenters. The largest absolute Gasteiger partial charge is 0.471 e. The molecule has 9 heteroatoms. The van der Waals surface area contributed by atoms with Crippen LogP contribution in [0.2, 0.25) is 5.02 Å². The second-order valence-corrected chi connectivity index (χ2v) is 6.05. The fourth-order valence-electron chi connectivity index (χ4n) is 1.42. The summed E-state index contributed by atoms with van der Waals surface area (Å²) in [5.74, 6) is -0.0975. The minimum atomic E-state index is -0.602. The van der Waals surface area contributed by atoms with E-state index in [4.69, 9.17) is 26.3 Å². The van der Waals surface area contributed by atoms with E-state index in [0.717, 1.165) is 0 Å². The molecule has 122 valence electrons. The van der Waals surface area contributed by atoms with Crippen LogP contribution in [0, 0.1) is 4.91 Å². The van der Waals surface area contributed by atoms with Gasteiger partial charge in [-0.25, -0.2) is 15.0 Å². The molecule has 0 spiro atoms. The Hall–Kier alpha value is -2.09. The van der Waals surface area contributed by atoms with Crippen LogP contribution < -0.4 is 10.1 Å². The van der Waals surface area contributed by atoms with Crippen molar-refractivity contribution in [2.45, 2.75) is 39.3 Å². The smallest absolute Gasteiger partial charge is 0.407 e. The van der Waals surface area contributed by atoms with Crippen LogP contribution in [0.1, 0.15) is 27.7 Å². The zero-order chi connectivity index (χ0) is 16.9. The standard InChI is InChI=1S/C13H18ClN3O5/c1-8(16-12(18)22-13(2,3)4)7-21-11-10(17(19)20)5-9(14)6-15-11/h5-6,8H,7H2,1-4H3,(H-,16,18,19,20)/p+1/t8-/m0/s1. The minimum Gasteiger partial charge on any atom is -0.471 e. The van der Waals surface area contributed by atoms with Crippen LogP contribution in [0.5, 0.6) is 5.88 Å². The fraction of sp³-hybridized carbons (Fsp3) is 0.538. The molecule has 1 aromatic heterocycles. The molecule has 0 radical (unpaired) electrons. The lowest BCUT2D eigenvalue weighted by molar-refractivity contribution is -0.730. The normalized spacial score (nSPS) is 12.4. The average Bonchev–Trinajstić information content (AvgIpc) is 2.34. The topological polar surface area (TPSA) is 101 Å². The lowest BCUT2D eigenvalue weighted by Crippen LogP contribution is -2.40. The number of nitrogens with one attached hydrogen (secondary N) is 1. The first-order chi connectivity index (χ1) is 10.1. The number of alkyl carbamates (subject to hydrolysis) is 1. The maximum Gasteiger partial charge on any atom is 0.407 e. The molecule has 2 N–H and O–H groups in total. The first-order valence-corrected chi connectivity index (χ1v) is 6.90. The molecule has 0 aliphatic rings. The summed E-state index contributed by atoms with van der Waals surface area (Å²) in [6.07, 6.45) is 0.691. The molecule has 22 heavy (non-hydrogen) atoms. The zero-order valence-electron chi connectivity index (χ0n) is 12.8. The Bertz CT molecular complexity index is 559. The van der Waals surface area contributed by atoms with Gasteiger partial charge in [-0.1, -0.05) is 11.6 Å². The number of hydrogen-bond acceptors (Lipinski definition) is 5. The predicted molar refractivity (Wildman–Crippen MR) is 78.6 cm³/mol. The molecule has 0 bridgehead atoms. The maximum absolute atomic E-state index is 11.6. The van der Waals surface area contributed by atoms with E-state index in [2.05, 4.69) is 10.3 Å². The van der Waals surface area contributed by atoms with E-state index in [9.17, 15) is 9.70 Å². The molecule has 0 saturated heterocycles. The summed E-state index contributed by atoms with van der Waals surface area (Å²) in [5, 5.41) is 11.7. The summed E-state index contributed by atoms with van der Waals surface area (Å²) in [5.41, 5.74) is -0.827. The van der Waals surface area contributed by atoms with E-state index >= 15 is 0 Å². The van der Waals surface area contributed by atoms with Gasteiger partial charge in [-0.3, -0.25) is 0 Å². The van der Waals surface area contributed by atoms with Gasteiger partial charge >= 0.3 is 11.8 Å². The van der Waals surface area contributed by atoms with Gasteiger partial charge in [0.25, 0.3) is 10.8 Å². The number of aromatic nitrogens is 1. The van der Waals surface area contributed by atoms with Crippen LogP contribution >= 0.6 is 11.6 Å². The molecular weight excluding hydrogens is 314 g/mol. The lowest BCUT2D eigenvalue weighted by atomic mass is 10.2. The highest BCUT2D eigenvalue weighted by Crippen LogP contribution is 2.26. The van der Waals surface area contributed by atoms with E-state index in [1.54, 1.807) is 27.7 Å². The van der Waals surface area contributed by atoms with Crippen molar-refractivity contribution in [3.63, 3.8) is 0 Å². The third-order valence-electron chi connectivity index (χ3n) is 2.24. The first-order valence-electron chi connectivity index (χ1n) is 6.52. The van der Waals surface area contributed by atoms with Crippen LogP contribution in [0.25, 0.3) is 0 Å². The molecule has 0 aromatic carbocycles. The quantitative estimate of drug-likeness (QED) is 0.804. The van der Waals surface area contributed by atoms with Crippen LogP contribution in [-0.2, 0) is 4.74 Å². The fourth-order valence-corrected chi connectivity index (χ4v) is 1.57. The van der Waals surface area contributed by atoms with Gasteiger partial charge in [0.2, 0.25) is 0 Å². The van der Waals surface area contributed by atoms with Crippen LogP contribution in [0.3, 0.4) is 0 Å². The van der Waals surface area contributed by atoms with Gasteiger partial charge < -0.3 is 14.8 Å². The minimum absolute atomic E-state index is 0.0225. The number of nitrogens with zero attached hydrogens (tertiary/aromatic N) is 2. The maximum atomic E-state index is 11.6. The number of rotatable bonds is 5. The molecule has 0 fully saturated rings. The molecule has 1 aromatic rings. The Kier molecular flexibility index (Phi) is 5.92. The SMILES string of the molecule is C[C@@H](COc1ncc(Cl)cc1[N+](=O)O)NC(=O)OC(C)(C)C. The highest BCUT2D eigenvalue weighted by molar-refractivity contribution is 6.30. The zero-order valence-corrected chi connectivity index (χ0v) is 13.5. The molecule has 1 rings (SSSR count). The number of pyridine rings is 1. The third-order valence-corrected chi connectivity index (χ3v) is 2.44. The van der Waals surface area contributed by atoms with Crippen LogP contribution in [0.15, 0.2) is 12.3 Å². The number of carbonyl (C=O) groups is 1. The Morgan fingerprint density at radius 3 is 2.73 bits per heavy atom. The number of ether oxygens (including phenoxy) is 2. The molecule has 0 aliphatic heterocycles. The average molecular weight is 333 g/mol. The van der Waals surface area contributed by atoms with Gasteiger partial charge in [0.15, 0.2) is 0 Å². The monoisotopic (exact) mass is 332 g/mol. The van der Waals surface area contributed by atoms with Gasteiger partial charge in [0.05, 0.1) is 22.2 Å². The Balaban J connectivity index is 2.59. The molecular formula is C13H19ClN3O5+. The summed E-state index contributed by atoms with van der Waals surface area (Å²) >= 11 is 5.69. The summed E-state index contributed by atoms with van der Waals surface area (Å²) < 4.78 is 10.4. The van der Waals surface area contributed by atoms with Crippen molar-refractivity contribution < 1.29 is 24.4 Å². The van der Waals surface area contributed by atoms with Crippen molar-refractivity contribution >= 4 is 23.4 Å². The highest BCUT2D eigenvalue weighted by atomic mass is 35.5. The van der Waals surface area contributed by atoms with Crippen molar-refractivity contribution in [1.82, 2.24) is 10.3 Å². The number of carbonyl (C=O) groups excluding carboxylic acids is 1. The number of amides is 1. The summed E-state index contributed by atoms with van der Waals surface area (Å²) in [7, 11) is 0. The van der Waals surface area contributed by atoms with E-state index < -0.39 is 17.7 Å². The van der Waals surface area contributed by atoms with E-state index in [1.807, 2.05) is 0 Å². The lowest BCUT2D eigenvalue weighted by Gasteiger charge is -2.21. The molecule has 1 amide bonds. The first kappa shape index (κ1) is 18.0. The summed E-state index contributed by atoms with van der Waals surface area (Å²) in [6.45, 7) is 6.97. The molecule has 8 nitrogen and oxygen atoms in total. The van der Waals surface area contributed by atoms with Crippen molar-refractivity contribution in [3.05, 3.63) is 22.2 Å². The third kappa shape index (κ3) is 6.13. The van der Waals surface area contributed by atoms with Gasteiger partial charge in [0, 0.05) is 6.07 Å². The Labute approximate surface area is 132 Å². The molecule has 1 heterocycles. The van der Waals surface area contributed by atoms with Crippen molar-refractivity contribution in [2.75, 3.05) is 6.61 Å². The molecule has 0 aliphatic carbocycles.